The number of nitrogens with zero attached hydrogens (tertiary/aromatic N) is 1. The third-order valence-corrected chi connectivity index (χ3v) is 3.17. The number of halogens is 1. The number of carboxylic acid groups (broad SMARTS) is 1. The molecule has 0 spiro atoms. The van der Waals surface area contributed by atoms with E-state index in [0.29, 0.717) is 11.4 Å². The first kappa shape index (κ1) is 14.6. The van der Waals surface area contributed by atoms with Crippen molar-refractivity contribution in [3.8, 4) is 5.75 Å². The van der Waals surface area contributed by atoms with Crippen LogP contribution < -0.4 is 15.4 Å². The fourth-order valence-corrected chi connectivity index (χ4v) is 1.96. The normalized spacial score (nSPS) is 10.2. The Morgan fingerprint density at radius 3 is 2.43 bits per heavy atom. The minimum Gasteiger partial charge on any atom is -0.497 e. The van der Waals surface area contributed by atoms with Crippen LogP contribution in [-0.2, 0) is 0 Å². The Balaban J connectivity index is 2.44. The summed E-state index contributed by atoms with van der Waals surface area (Å²) >= 11 is 0. The summed E-state index contributed by atoms with van der Waals surface area (Å²) in [5, 5.41) is 9.06. The van der Waals surface area contributed by atoms with Gasteiger partial charge in [0.1, 0.15) is 11.6 Å². The van der Waals surface area contributed by atoms with Crippen molar-refractivity contribution in [3.63, 3.8) is 0 Å². The van der Waals surface area contributed by atoms with E-state index in [1.54, 1.807) is 43.3 Å². The van der Waals surface area contributed by atoms with Crippen LogP contribution in [-0.4, -0.2) is 25.2 Å². The zero-order chi connectivity index (χ0) is 15.6. The number of nitrogen functional groups attached to an aromatic ring is 1. The number of carboxylic acids is 1. The molecule has 0 saturated carbocycles. The lowest BCUT2D eigenvalue weighted by atomic mass is 10.1. The van der Waals surface area contributed by atoms with E-state index in [9.17, 15) is 9.18 Å². The maximum absolute atomic E-state index is 14.0. The number of carbonyl (C=O) groups is 1. The van der Waals surface area contributed by atoms with Gasteiger partial charge in [0.2, 0.25) is 0 Å². The molecule has 0 amide bonds. The summed E-state index contributed by atoms with van der Waals surface area (Å²) in [6, 6.07) is 9.19. The molecule has 2 rings (SSSR count). The minimum atomic E-state index is -1.20. The molecule has 0 atom stereocenters. The lowest BCUT2D eigenvalue weighted by Crippen LogP contribution is -2.13. The van der Waals surface area contributed by atoms with Crippen molar-refractivity contribution in [2.75, 3.05) is 24.8 Å². The summed E-state index contributed by atoms with van der Waals surface area (Å²) < 4.78 is 19.1. The van der Waals surface area contributed by atoms with Crippen LogP contribution in [0.1, 0.15) is 10.4 Å². The van der Waals surface area contributed by atoms with Crippen molar-refractivity contribution >= 4 is 23.0 Å². The molecule has 0 heterocycles. The van der Waals surface area contributed by atoms with Crippen LogP contribution in [0.4, 0.5) is 21.5 Å². The number of hydrogen-bond acceptors (Lipinski definition) is 4. The number of ether oxygens (including phenoxy) is 1. The first-order chi connectivity index (χ1) is 9.93. The molecule has 0 bridgehead atoms. The Hall–Kier alpha value is -2.76. The van der Waals surface area contributed by atoms with Gasteiger partial charge >= 0.3 is 5.97 Å². The molecule has 2 aromatic carbocycles. The van der Waals surface area contributed by atoms with Gasteiger partial charge in [0, 0.05) is 18.4 Å². The third-order valence-electron chi connectivity index (χ3n) is 3.17. The molecule has 0 unspecified atom stereocenters. The highest BCUT2D eigenvalue weighted by atomic mass is 19.1. The highest BCUT2D eigenvalue weighted by Crippen LogP contribution is 2.30. The Bertz CT molecular complexity index is 671. The molecule has 5 nitrogen and oxygen atoms in total. The number of methoxy groups -OCH3 is 1. The van der Waals surface area contributed by atoms with Crippen LogP contribution in [0.25, 0.3) is 0 Å². The van der Waals surface area contributed by atoms with Crippen LogP contribution in [0.15, 0.2) is 36.4 Å². The quantitative estimate of drug-likeness (QED) is 0.847. The van der Waals surface area contributed by atoms with Gasteiger partial charge in [0.05, 0.1) is 18.4 Å². The molecule has 3 N–H and O–H groups in total. The van der Waals surface area contributed by atoms with Gasteiger partial charge < -0.3 is 20.5 Å². The molecule has 0 saturated heterocycles. The zero-order valence-electron chi connectivity index (χ0n) is 11.6. The molecule has 0 radical (unpaired) electrons. The molecule has 6 heteroatoms. The number of anilines is 3. The molecule has 110 valence electrons. The summed E-state index contributed by atoms with van der Waals surface area (Å²) in [6.45, 7) is 0. The molecular weight excluding hydrogens is 275 g/mol. The molecule has 0 fully saturated rings. The van der Waals surface area contributed by atoms with Crippen LogP contribution in [0.2, 0.25) is 0 Å². The molecular formula is C15H15FN2O3. The second kappa shape index (κ2) is 5.70. The summed E-state index contributed by atoms with van der Waals surface area (Å²) in [6.07, 6.45) is 0. The Kier molecular flexibility index (Phi) is 3.98. The van der Waals surface area contributed by atoms with Gasteiger partial charge in [-0.25, -0.2) is 9.18 Å². The highest BCUT2D eigenvalue weighted by molar-refractivity contribution is 5.95. The number of benzene rings is 2. The summed E-state index contributed by atoms with van der Waals surface area (Å²) in [4.78, 5) is 12.6. The average molecular weight is 290 g/mol. The van der Waals surface area contributed by atoms with Crippen LogP contribution in [0.5, 0.6) is 5.75 Å². The molecule has 0 aromatic heterocycles. The second-order valence-electron chi connectivity index (χ2n) is 4.45. The fraction of sp³-hybridized carbons (Fsp3) is 0.133. The van der Waals surface area contributed by atoms with Gasteiger partial charge in [-0.15, -0.1) is 0 Å². The van der Waals surface area contributed by atoms with Gasteiger partial charge in [0.15, 0.2) is 0 Å². The molecule has 21 heavy (non-hydrogen) atoms. The lowest BCUT2D eigenvalue weighted by Gasteiger charge is -2.21. The number of aromatic carboxylic acids is 1. The van der Waals surface area contributed by atoms with E-state index in [1.807, 2.05) is 0 Å². The van der Waals surface area contributed by atoms with Crippen molar-refractivity contribution in [2.24, 2.45) is 0 Å². The maximum atomic E-state index is 14.0. The number of nitrogens with two attached hydrogens (primary N) is 1. The first-order valence-corrected chi connectivity index (χ1v) is 6.14. The Morgan fingerprint density at radius 1 is 1.29 bits per heavy atom. The SMILES string of the molecule is COc1ccc(N(C)c2cc(C(=O)O)c(N)cc2F)cc1. The van der Waals surface area contributed by atoms with E-state index in [-0.39, 0.29) is 16.9 Å². The van der Waals surface area contributed by atoms with Crippen LogP contribution in [0, 0.1) is 5.82 Å². The Labute approximate surface area is 121 Å². The first-order valence-electron chi connectivity index (χ1n) is 6.14. The van der Waals surface area contributed by atoms with Crippen molar-refractivity contribution in [3.05, 3.63) is 47.8 Å². The molecule has 2 aromatic rings. The van der Waals surface area contributed by atoms with E-state index in [1.165, 1.54) is 6.07 Å². The van der Waals surface area contributed by atoms with Crippen molar-refractivity contribution in [1.82, 2.24) is 0 Å². The summed E-state index contributed by atoms with van der Waals surface area (Å²) in [7, 11) is 3.19. The van der Waals surface area contributed by atoms with Crippen molar-refractivity contribution in [2.45, 2.75) is 0 Å². The van der Waals surface area contributed by atoms with E-state index in [2.05, 4.69) is 0 Å². The van der Waals surface area contributed by atoms with E-state index < -0.39 is 11.8 Å². The van der Waals surface area contributed by atoms with Gasteiger partial charge in [-0.3, -0.25) is 0 Å². The smallest absolute Gasteiger partial charge is 0.337 e. The standard InChI is InChI=1S/C15H15FN2O3/c1-18(9-3-5-10(21-2)6-4-9)14-7-11(15(19)20)13(17)8-12(14)16/h3-8H,17H2,1-2H3,(H,19,20). The summed E-state index contributed by atoms with van der Waals surface area (Å²) in [5.41, 5.74) is 6.10. The highest BCUT2D eigenvalue weighted by Gasteiger charge is 2.16. The monoisotopic (exact) mass is 290 g/mol. The predicted octanol–water partition coefficient (Wildman–Crippen LogP) is 2.88. The molecule has 0 aliphatic carbocycles. The van der Waals surface area contributed by atoms with Crippen LogP contribution >= 0.6 is 0 Å². The van der Waals surface area contributed by atoms with Crippen molar-refractivity contribution < 1.29 is 19.0 Å². The van der Waals surface area contributed by atoms with Gasteiger partial charge in [-0.2, -0.15) is 0 Å². The number of rotatable bonds is 4. The van der Waals surface area contributed by atoms with Crippen LogP contribution in [0.3, 0.4) is 0 Å². The van der Waals surface area contributed by atoms with Crippen molar-refractivity contribution in [1.29, 1.82) is 0 Å². The van der Waals surface area contributed by atoms with E-state index >= 15 is 0 Å². The largest absolute Gasteiger partial charge is 0.497 e. The predicted molar refractivity (Wildman–Crippen MR) is 78.8 cm³/mol. The van der Waals surface area contributed by atoms with Gasteiger partial charge in [-0.1, -0.05) is 0 Å². The van der Waals surface area contributed by atoms with Gasteiger partial charge in [0.25, 0.3) is 0 Å². The molecule has 0 aliphatic rings. The van der Waals surface area contributed by atoms with Gasteiger partial charge in [-0.05, 0) is 36.4 Å². The third kappa shape index (κ3) is 2.89. The lowest BCUT2D eigenvalue weighted by molar-refractivity contribution is 0.0698. The number of hydrogen-bond donors (Lipinski definition) is 2. The zero-order valence-corrected chi connectivity index (χ0v) is 11.6. The van der Waals surface area contributed by atoms with E-state index in [0.717, 1.165) is 6.07 Å². The fourth-order valence-electron chi connectivity index (χ4n) is 1.96. The average Bonchev–Trinajstić information content (AvgIpc) is 2.46. The Morgan fingerprint density at radius 2 is 1.90 bits per heavy atom. The van der Waals surface area contributed by atoms with E-state index in [4.69, 9.17) is 15.6 Å². The summed E-state index contributed by atoms with van der Waals surface area (Å²) in [5.74, 6) is -1.11. The second-order valence-corrected chi connectivity index (χ2v) is 4.45. The molecule has 0 aliphatic heterocycles. The topological polar surface area (TPSA) is 75.8 Å². The minimum absolute atomic E-state index is 0.105. The maximum Gasteiger partial charge on any atom is 0.337 e.